The standard InChI is InChI=1S/C14H20BrN3/c15-11-9-10(16)4-5-12(11)17-13-6-8-18-7-2-1-3-14(13)18/h4-5,9,13-14,17H,1-3,6-8,16H2. The first-order valence-electron chi connectivity index (χ1n) is 6.79. The van der Waals surface area contributed by atoms with Crippen molar-refractivity contribution in [1.29, 1.82) is 0 Å². The maximum atomic E-state index is 5.78. The quantitative estimate of drug-likeness (QED) is 0.825. The molecule has 2 heterocycles. The first-order chi connectivity index (χ1) is 8.74. The summed E-state index contributed by atoms with van der Waals surface area (Å²) < 4.78 is 1.07. The van der Waals surface area contributed by atoms with Crippen LogP contribution in [0.25, 0.3) is 0 Å². The Kier molecular flexibility index (Phi) is 3.48. The smallest absolute Gasteiger partial charge is 0.0488 e. The molecule has 1 aromatic rings. The number of rotatable bonds is 2. The zero-order valence-corrected chi connectivity index (χ0v) is 12.1. The molecule has 2 saturated heterocycles. The maximum Gasteiger partial charge on any atom is 0.0488 e. The largest absolute Gasteiger partial charge is 0.399 e. The average Bonchev–Trinajstić information content (AvgIpc) is 2.76. The minimum atomic E-state index is 0.588. The van der Waals surface area contributed by atoms with Crippen molar-refractivity contribution in [2.24, 2.45) is 0 Å². The molecule has 18 heavy (non-hydrogen) atoms. The minimum Gasteiger partial charge on any atom is -0.399 e. The lowest BCUT2D eigenvalue weighted by molar-refractivity contribution is 0.193. The van der Waals surface area contributed by atoms with E-state index in [9.17, 15) is 0 Å². The van der Waals surface area contributed by atoms with Crippen LogP contribution in [0.15, 0.2) is 22.7 Å². The highest BCUT2D eigenvalue weighted by atomic mass is 79.9. The van der Waals surface area contributed by atoms with E-state index < -0.39 is 0 Å². The molecule has 0 radical (unpaired) electrons. The molecule has 2 atom stereocenters. The van der Waals surface area contributed by atoms with Gasteiger partial charge in [-0.15, -0.1) is 0 Å². The summed E-state index contributed by atoms with van der Waals surface area (Å²) in [6.07, 6.45) is 5.34. The molecule has 0 spiro atoms. The monoisotopic (exact) mass is 309 g/mol. The number of hydrogen-bond donors (Lipinski definition) is 2. The van der Waals surface area contributed by atoms with Gasteiger partial charge in [0, 0.05) is 34.5 Å². The second kappa shape index (κ2) is 5.10. The van der Waals surface area contributed by atoms with Crippen LogP contribution in [0.4, 0.5) is 11.4 Å². The first kappa shape index (κ1) is 12.3. The van der Waals surface area contributed by atoms with Crippen LogP contribution in [-0.2, 0) is 0 Å². The third kappa shape index (κ3) is 2.36. The van der Waals surface area contributed by atoms with Crippen LogP contribution in [0.3, 0.4) is 0 Å². The molecule has 0 aliphatic carbocycles. The van der Waals surface area contributed by atoms with E-state index in [0.29, 0.717) is 6.04 Å². The normalized spacial score (nSPS) is 28.1. The van der Waals surface area contributed by atoms with Gasteiger partial charge in [0.15, 0.2) is 0 Å². The fourth-order valence-corrected chi connectivity index (χ4v) is 3.77. The van der Waals surface area contributed by atoms with Crippen LogP contribution < -0.4 is 11.1 Å². The van der Waals surface area contributed by atoms with Gasteiger partial charge in [0.25, 0.3) is 0 Å². The van der Waals surface area contributed by atoms with Crippen LogP contribution in [0, 0.1) is 0 Å². The fraction of sp³-hybridized carbons (Fsp3) is 0.571. The van der Waals surface area contributed by atoms with Crippen molar-refractivity contribution in [2.75, 3.05) is 24.1 Å². The van der Waals surface area contributed by atoms with E-state index in [1.165, 1.54) is 44.5 Å². The molecule has 0 aromatic heterocycles. The number of anilines is 2. The Balaban J connectivity index is 1.72. The lowest BCUT2D eigenvalue weighted by Crippen LogP contribution is -2.41. The van der Waals surface area contributed by atoms with E-state index >= 15 is 0 Å². The average molecular weight is 310 g/mol. The molecule has 4 heteroatoms. The summed E-state index contributed by atoms with van der Waals surface area (Å²) in [7, 11) is 0. The molecule has 3 N–H and O–H groups in total. The topological polar surface area (TPSA) is 41.3 Å². The van der Waals surface area contributed by atoms with E-state index in [-0.39, 0.29) is 0 Å². The van der Waals surface area contributed by atoms with Crippen molar-refractivity contribution in [2.45, 2.75) is 37.8 Å². The van der Waals surface area contributed by atoms with Crippen molar-refractivity contribution >= 4 is 27.3 Å². The van der Waals surface area contributed by atoms with Gasteiger partial charge in [0.1, 0.15) is 0 Å². The van der Waals surface area contributed by atoms with Gasteiger partial charge in [-0.05, 0) is 59.9 Å². The molecule has 2 unspecified atom stereocenters. The van der Waals surface area contributed by atoms with Crippen molar-refractivity contribution in [3.8, 4) is 0 Å². The molecule has 0 amide bonds. The molecule has 1 aromatic carbocycles. The SMILES string of the molecule is Nc1ccc(NC2CCN3CCCCC23)c(Br)c1. The lowest BCUT2D eigenvalue weighted by atomic mass is 9.99. The van der Waals surface area contributed by atoms with Gasteiger partial charge < -0.3 is 11.1 Å². The van der Waals surface area contributed by atoms with Gasteiger partial charge in [-0.3, -0.25) is 4.90 Å². The fourth-order valence-electron chi connectivity index (χ4n) is 3.26. The van der Waals surface area contributed by atoms with Crippen LogP contribution in [0.5, 0.6) is 0 Å². The van der Waals surface area contributed by atoms with Crippen molar-refractivity contribution in [3.63, 3.8) is 0 Å². The van der Waals surface area contributed by atoms with Gasteiger partial charge in [0.05, 0.1) is 0 Å². The summed E-state index contributed by atoms with van der Waals surface area (Å²) >= 11 is 3.59. The number of hydrogen-bond acceptors (Lipinski definition) is 3. The van der Waals surface area contributed by atoms with E-state index in [2.05, 4.69) is 32.2 Å². The summed E-state index contributed by atoms with van der Waals surface area (Å²) in [5.74, 6) is 0. The second-order valence-corrected chi connectivity index (χ2v) is 6.23. The van der Waals surface area contributed by atoms with E-state index in [4.69, 9.17) is 5.73 Å². The summed E-state index contributed by atoms with van der Waals surface area (Å²) in [6.45, 7) is 2.53. The van der Waals surface area contributed by atoms with Gasteiger partial charge in [0.2, 0.25) is 0 Å². The van der Waals surface area contributed by atoms with Crippen LogP contribution >= 0.6 is 15.9 Å². The Bertz CT molecular complexity index is 435. The number of nitrogen functional groups attached to an aromatic ring is 1. The Morgan fingerprint density at radius 2 is 2.11 bits per heavy atom. The number of fused-ring (bicyclic) bond motifs is 1. The molecule has 98 valence electrons. The molecule has 2 aliphatic rings. The third-order valence-corrected chi connectivity index (χ3v) is 4.85. The third-order valence-electron chi connectivity index (χ3n) is 4.19. The Morgan fingerprint density at radius 3 is 2.94 bits per heavy atom. The van der Waals surface area contributed by atoms with E-state index in [0.717, 1.165) is 16.2 Å². The molecule has 2 fully saturated rings. The van der Waals surface area contributed by atoms with Gasteiger partial charge >= 0.3 is 0 Å². The Morgan fingerprint density at radius 1 is 1.22 bits per heavy atom. The zero-order chi connectivity index (χ0) is 12.5. The second-order valence-electron chi connectivity index (χ2n) is 5.38. The highest BCUT2D eigenvalue weighted by molar-refractivity contribution is 9.10. The van der Waals surface area contributed by atoms with Crippen molar-refractivity contribution in [3.05, 3.63) is 22.7 Å². The number of nitrogens with zero attached hydrogens (tertiary/aromatic N) is 1. The predicted octanol–water partition coefficient (Wildman–Crippen LogP) is 3.07. The van der Waals surface area contributed by atoms with Crippen molar-refractivity contribution in [1.82, 2.24) is 4.90 Å². The number of benzene rings is 1. The number of piperidine rings is 1. The highest BCUT2D eigenvalue weighted by Crippen LogP contribution is 2.32. The highest BCUT2D eigenvalue weighted by Gasteiger charge is 2.35. The van der Waals surface area contributed by atoms with E-state index in [1.54, 1.807) is 0 Å². The van der Waals surface area contributed by atoms with Crippen molar-refractivity contribution < 1.29 is 0 Å². The lowest BCUT2D eigenvalue weighted by Gasteiger charge is -2.33. The number of halogens is 1. The molecule has 2 aliphatic heterocycles. The minimum absolute atomic E-state index is 0.588. The van der Waals surface area contributed by atoms with Crippen LogP contribution in [-0.4, -0.2) is 30.1 Å². The van der Waals surface area contributed by atoms with Gasteiger partial charge in [-0.25, -0.2) is 0 Å². The summed E-state index contributed by atoms with van der Waals surface area (Å²) in [5.41, 5.74) is 7.75. The molecular formula is C14H20BrN3. The Hall–Kier alpha value is -0.740. The number of nitrogens with one attached hydrogen (secondary N) is 1. The maximum absolute atomic E-state index is 5.78. The van der Waals surface area contributed by atoms with Gasteiger partial charge in [-0.1, -0.05) is 6.42 Å². The van der Waals surface area contributed by atoms with Crippen LogP contribution in [0.1, 0.15) is 25.7 Å². The number of nitrogens with two attached hydrogens (primary N) is 1. The summed E-state index contributed by atoms with van der Waals surface area (Å²) in [4.78, 5) is 2.65. The summed E-state index contributed by atoms with van der Waals surface area (Å²) in [5, 5.41) is 3.69. The van der Waals surface area contributed by atoms with E-state index in [1.807, 2.05) is 12.1 Å². The Labute approximate surface area is 117 Å². The summed E-state index contributed by atoms with van der Waals surface area (Å²) in [6, 6.07) is 7.31. The molecular weight excluding hydrogens is 290 g/mol. The molecule has 3 nitrogen and oxygen atoms in total. The predicted molar refractivity (Wildman–Crippen MR) is 79.8 cm³/mol. The zero-order valence-electron chi connectivity index (χ0n) is 10.5. The van der Waals surface area contributed by atoms with Gasteiger partial charge in [-0.2, -0.15) is 0 Å². The van der Waals surface area contributed by atoms with Crippen LogP contribution in [0.2, 0.25) is 0 Å². The molecule has 0 saturated carbocycles. The first-order valence-corrected chi connectivity index (χ1v) is 7.59. The molecule has 3 rings (SSSR count). The molecule has 0 bridgehead atoms.